The first-order valence-electron chi connectivity index (χ1n) is 9.27. The van der Waals surface area contributed by atoms with Crippen molar-refractivity contribution in [3.05, 3.63) is 41.3 Å². The van der Waals surface area contributed by atoms with Gasteiger partial charge in [-0.2, -0.15) is 5.26 Å². The fourth-order valence-corrected chi connectivity index (χ4v) is 4.44. The van der Waals surface area contributed by atoms with Crippen molar-refractivity contribution in [2.45, 2.75) is 24.7 Å². The van der Waals surface area contributed by atoms with Crippen LogP contribution in [0.2, 0.25) is 0 Å². The van der Waals surface area contributed by atoms with Gasteiger partial charge in [-0.25, -0.2) is 9.37 Å². The topological polar surface area (TPSA) is 95.0 Å². The molecule has 144 valence electrons. The van der Waals surface area contributed by atoms with Crippen molar-refractivity contribution in [3.63, 3.8) is 0 Å². The van der Waals surface area contributed by atoms with Crippen molar-refractivity contribution < 1.29 is 9.18 Å². The Morgan fingerprint density at radius 2 is 2.21 bits per heavy atom. The molecule has 1 amide bonds. The molecule has 1 aromatic heterocycles. The van der Waals surface area contributed by atoms with Crippen LogP contribution in [0.15, 0.2) is 24.4 Å². The van der Waals surface area contributed by atoms with Crippen LogP contribution in [-0.4, -0.2) is 36.4 Å². The minimum atomic E-state index is -0.628. The minimum Gasteiger partial charge on any atom is -0.398 e. The predicted molar refractivity (Wildman–Crippen MR) is 105 cm³/mol. The van der Waals surface area contributed by atoms with Crippen molar-refractivity contribution in [2.75, 3.05) is 31.7 Å². The molecule has 1 aliphatic heterocycles. The zero-order valence-electron chi connectivity index (χ0n) is 15.9. The number of nitrogen functional groups attached to an aromatic ring is 1. The van der Waals surface area contributed by atoms with Gasteiger partial charge in [0.2, 0.25) is 0 Å². The number of nitrogens with two attached hydrogens (primary N) is 1. The second-order valence-corrected chi connectivity index (χ2v) is 7.98. The molecular weight excluding hydrogens is 357 g/mol. The van der Waals surface area contributed by atoms with Crippen LogP contribution in [0.1, 0.15) is 35.2 Å². The van der Waals surface area contributed by atoms with E-state index < -0.39 is 11.7 Å². The van der Waals surface area contributed by atoms with Gasteiger partial charge >= 0.3 is 0 Å². The Morgan fingerprint density at radius 1 is 1.46 bits per heavy atom. The molecule has 1 spiro atoms. The molecule has 2 heterocycles. The number of carbonyl (C=O) groups excluding carboxylic acids is 1. The van der Waals surface area contributed by atoms with Gasteiger partial charge in [-0.1, -0.05) is 0 Å². The summed E-state index contributed by atoms with van der Waals surface area (Å²) >= 11 is 0. The third-order valence-corrected chi connectivity index (χ3v) is 5.90. The first kappa shape index (κ1) is 18.2. The largest absolute Gasteiger partial charge is 0.398 e. The molecule has 0 bridgehead atoms. The van der Waals surface area contributed by atoms with Gasteiger partial charge in [-0.15, -0.1) is 0 Å². The Balaban J connectivity index is 1.74. The molecular formula is C21H22FN5O. The third kappa shape index (κ3) is 2.68. The number of amides is 1. The summed E-state index contributed by atoms with van der Waals surface area (Å²) in [7, 11) is 3.13. The number of nitrogens with one attached hydrogen (secondary N) is 1. The number of fused-ring (bicyclic) bond motifs is 2. The van der Waals surface area contributed by atoms with Gasteiger partial charge < -0.3 is 16.0 Å². The smallest absolute Gasteiger partial charge is 0.258 e. The van der Waals surface area contributed by atoms with Gasteiger partial charge in [-0.05, 0) is 37.0 Å². The van der Waals surface area contributed by atoms with E-state index in [1.165, 1.54) is 4.90 Å². The van der Waals surface area contributed by atoms with Crippen LogP contribution in [0.5, 0.6) is 0 Å². The molecule has 4 rings (SSSR count). The van der Waals surface area contributed by atoms with E-state index in [9.17, 15) is 4.79 Å². The van der Waals surface area contributed by atoms with Crippen LogP contribution in [0, 0.1) is 23.1 Å². The second kappa shape index (κ2) is 6.48. The lowest BCUT2D eigenvalue weighted by Gasteiger charge is -2.44. The predicted octanol–water partition coefficient (Wildman–Crippen LogP) is 3.16. The summed E-state index contributed by atoms with van der Waals surface area (Å²) in [5, 5.41) is 12.3. The Kier molecular flexibility index (Phi) is 4.22. The van der Waals surface area contributed by atoms with E-state index in [0.29, 0.717) is 23.5 Å². The molecule has 0 atom stereocenters. The Morgan fingerprint density at radius 3 is 2.89 bits per heavy atom. The lowest BCUT2D eigenvalue weighted by molar-refractivity contribution is 0.0824. The normalized spacial score (nSPS) is 22.1. The molecule has 6 nitrogen and oxygen atoms in total. The van der Waals surface area contributed by atoms with Gasteiger partial charge in [0.25, 0.3) is 5.91 Å². The van der Waals surface area contributed by atoms with E-state index in [-0.39, 0.29) is 16.7 Å². The average molecular weight is 379 g/mol. The second-order valence-electron chi connectivity index (χ2n) is 7.98. The molecule has 0 radical (unpaired) electrons. The number of nitriles is 1. The number of aromatic nitrogens is 1. The Hall–Kier alpha value is -3.14. The average Bonchev–Trinajstić information content (AvgIpc) is 3.00. The summed E-state index contributed by atoms with van der Waals surface area (Å²) in [5.74, 6) is 0.123. The molecule has 0 saturated heterocycles. The quantitative estimate of drug-likeness (QED) is 0.799. The van der Waals surface area contributed by atoms with Gasteiger partial charge in [-0.3, -0.25) is 4.79 Å². The maximum Gasteiger partial charge on any atom is 0.258 e. The van der Waals surface area contributed by atoms with Gasteiger partial charge in [0.1, 0.15) is 11.6 Å². The molecule has 1 fully saturated rings. The maximum atomic E-state index is 15.2. The zero-order valence-corrected chi connectivity index (χ0v) is 15.9. The molecule has 0 unspecified atom stereocenters. The highest BCUT2D eigenvalue weighted by Crippen LogP contribution is 2.54. The van der Waals surface area contributed by atoms with Crippen LogP contribution in [0.3, 0.4) is 0 Å². The lowest BCUT2D eigenvalue weighted by Crippen LogP contribution is -2.42. The highest BCUT2D eigenvalue weighted by molar-refractivity contribution is 6.00. The van der Waals surface area contributed by atoms with E-state index in [4.69, 9.17) is 11.0 Å². The van der Waals surface area contributed by atoms with Crippen molar-refractivity contribution in [1.29, 1.82) is 5.26 Å². The highest BCUT2D eigenvalue weighted by Gasteiger charge is 2.49. The minimum absolute atomic E-state index is 0.0353. The maximum absolute atomic E-state index is 15.2. The van der Waals surface area contributed by atoms with Crippen LogP contribution in [-0.2, 0) is 5.41 Å². The SMILES string of the molecule is CN(C)C(=O)c1c(N)ccc(-c2cnc3c(c2)[C@]2(CN3)C[C@@H](CC#N)C2)c1F. The fraction of sp³-hybridized carbons (Fsp3) is 0.381. The van der Waals surface area contributed by atoms with Gasteiger partial charge in [0.15, 0.2) is 0 Å². The summed E-state index contributed by atoms with van der Waals surface area (Å²) in [6.45, 7) is 0.787. The number of anilines is 2. The van der Waals surface area contributed by atoms with Gasteiger partial charge in [0, 0.05) is 61.1 Å². The molecule has 2 aliphatic rings. The molecule has 28 heavy (non-hydrogen) atoms. The van der Waals surface area contributed by atoms with Crippen molar-refractivity contribution >= 4 is 17.4 Å². The first-order valence-corrected chi connectivity index (χ1v) is 9.27. The summed E-state index contributed by atoms with van der Waals surface area (Å²) in [4.78, 5) is 18.2. The van der Waals surface area contributed by atoms with Crippen LogP contribution >= 0.6 is 0 Å². The van der Waals surface area contributed by atoms with Crippen LogP contribution < -0.4 is 11.1 Å². The summed E-state index contributed by atoms with van der Waals surface area (Å²) in [6, 6.07) is 7.35. The number of carbonyl (C=O) groups is 1. The number of hydrogen-bond acceptors (Lipinski definition) is 5. The van der Waals surface area contributed by atoms with Crippen molar-refractivity contribution in [1.82, 2.24) is 9.88 Å². The van der Waals surface area contributed by atoms with Crippen LogP contribution in [0.25, 0.3) is 11.1 Å². The van der Waals surface area contributed by atoms with Crippen molar-refractivity contribution in [3.8, 4) is 17.2 Å². The Bertz CT molecular complexity index is 1000. The van der Waals surface area contributed by atoms with Crippen molar-refractivity contribution in [2.24, 2.45) is 5.92 Å². The zero-order chi connectivity index (χ0) is 20.1. The molecule has 2 aromatic rings. The highest BCUT2D eigenvalue weighted by atomic mass is 19.1. The molecule has 7 heteroatoms. The molecule has 1 aliphatic carbocycles. The van der Waals surface area contributed by atoms with Crippen LogP contribution in [0.4, 0.5) is 15.9 Å². The Labute approximate surface area is 163 Å². The van der Waals surface area contributed by atoms with E-state index in [1.807, 2.05) is 6.07 Å². The molecule has 1 saturated carbocycles. The summed E-state index contributed by atoms with van der Waals surface area (Å²) < 4.78 is 15.2. The number of rotatable bonds is 3. The number of pyridine rings is 1. The third-order valence-electron chi connectivity index (χ3n) is 5.90. The number of benzene rings is 1. The fourth-order valence-electron chi connectivity index (χ4n) is 4.44. The monoisotopic (exact) mass is 379 g/mol. The van der Waals surface area contributed by atoms with E-state index in [2.05, 4.69) is 16.4 Å². The number of hydrogen-bond donors (Lipinski definition) is 2. The number of halogens is 1. The molecule has 1 aromatic carbocycles. The summed E-state index contributed by atoms with van der Waals surface area (Å²) in [6.07, 6.45) is 4.04. The lowest BCUT2D eigenvalue weighted by atomic mass is 9.59. The standard InChI is InChI=1S/C21H22FN5O/c1-27(2)20(28)17-16(24)4-3-14(18(17)22)13-7-15-19(25-10-13)26-11-21(15)8-12(9-21)5-6-23/h3-4,7,10,12H,5,8-9,11,24H2,1-2H3,(H,25,26)/t12-,21-. The number of nitrogens with zero attached hydrogens (tertiary/aromatic N) is 3. The van der Waals surface area contributed by atoms with E-state index in [1.54, 1.807) is 32.4 Å². The first-order chi connectivity index (χ1) is 13.4. The van der Waals surface area contributed by atoms with E-state index >= 15 is 4.39 Å². The van der Waals surface area contributed by atoms with E-state index in [0.717, 1.165) is 30.8 Å². The molecule has 3 N–H and O–H groups in total. The summed E-state index contributed by atoms with van der Waals surface area (Å²) in [5.41, 5.74) is 7.84. The van der Waals surface area contributed by atoms with Gasteiger partial charge in [0.05, 0.1) is 11.6 Å².